The molecule has 1 N–H and O–H groups in total. The number of benzene rings is 1. The molecular weight excluding hydrogens is 462 g/mol. The van der Waals surface area contributed by atoms with E-state index < -0.39 is 0 Å². The van der Waals surface area contributed by atoms with E-state index in [1.165, 1.54) is 0 Å². The van der Waals surface area contributed by atoms with Crippen LogP contribution in [0, 0.1) is 5.92 Å². The molecule has 0 spiro atoms. The maximum atomic E-state index is 13.1. The van der Waals surface area contributed by atoms with Crippen LogP contribution in [-0.2, 0) is 27.4 Å². The van der Waals surface area contributed by atoms with Crippen LogP contribution in [0.15, 0.2) is 24.4 Å². The molecule has 4 bridgehead atoms. The van der Waals surface area contributed by atoms with E-state index in [2.05, 4.69) is 15.6 Å². The summed E-state index contributed by atoms with van der Waals surface area (Å²) >= 11 is 6.27. The molecule has 4 heterocycles. The van der Waals surface area contributed by atoms with Gasteiger partial charge in [0.1, 0.15) is 11.4 Å². The second-order valence-electron chi connectivity index (χ2n) is 8.88. The Morgan fingerprint density at radius 3 is 2.88 bits per heavy atom. The van der Waals surface area contributed by atoms with Crippen LogP contribution in [0.25, 0.3) is 0 Å². The van der Waals surface area contributed by atoms with Crippen LogP contribution >= 0.6 is 11.6 Å². The van der Waals surface area contributed by atoms with Crippen LogP contribution in [0.1, 0.15) is 35.3 Å². The minimum absolute atomic E-state index is 0.0543. The molecule has 0 unspecified atom stereocenters. The first-order valence-corrected chi connectivity index (χ1v) is 12.0. The lowest BCUT2D eigenvalue weighted by atomic mass is 9.99. The number of fused-ring (bicyclic) bond motifs is 5. The fourth-order valence-electron chi connectivity index (χ4n) is 4.59. The highest BCUT2D eigenvalue weighted by molar-refractivity contribution is 6.32. The number of aromatic nitrogens is 3. The maximum absolute atomic E-state index is 13.1. The Morgan fingerprint density at radius 2 is 2.03 bits per heavy atom. The lowest BCUT2D eigenvalue weighted by Gasteiger charge is -2.26. The van der Waals surface area contributed by atoms with Crippen LogP contribution in [0.5, 0.6) is 5.75 Å². The van der Waals surface area contributed by atoms with Gasteiger partial charge in [-0.3, -0.25) is 14.3 Å². The van der Waals surface area contributed by atoms with Crippen molar-refractivity contribution in [2.75, 3.05) is 32.9 Å². The minimum atomic E-state index is -0.367. The number of ether oxygens (including phenoxy) is 3. The Kier molecular flexibility index (Phi) is 6.98. The van der Waals surface area contributed by atoms with Crippen LogP contribution in [0.2, 0.25) is 5.02 Å². The van der Waals surface area contributed by atoms with Crippen molar-refractivity contribution in [1.29, 1.82) is 0 Å². The highest BCUT2D eigenvalue weighted by atomic mass is 35.5. The molecule has 2 saturated heterocycles. The van der Waals surface area contributed by atoms with Gasteiger partial charge in [0.15, 0.2) is 0 Å². The molecule has 10 nitrogen and oxygen atoms in total. The zero-order valence-corrected chi connectivity index (χ0v) is 19.6. The predicted molar refractivity (Wildman–Crippen MR) is 122 cm³/mol. The number of halogens is 1. The zero-order valence-electron chi connectivity index (χ0n) is 18.8. The largest absolute Gasteiger partial charge is 0.492 e. The highest BCUT2D eigenvalue weighted by Gasteiger charge is 2.39. The smallest absolute Gasteiger partial charge is 0.251 e. The minimum Gasteiger partial charge on any atom is -0.492 e. The molecule has 34 heavy (non-hydrogen) atoms. The molecule has 3 aliphatic rings. The van der Waals surface area contributed by atoms with Crippen molar-refractivity contribution < 1.29 is 23.8 Å². The van der Waals surface area contributed by atoms with Gasteiger partial charge >= 0.3 is 0 Å². The molecule has 3 aliphatic heterocycles. The van der Waals surface area contributed by atoms with E-state index in [0.717, 1.165) is 0 Å². The summed E-state index contributed by atoms with van der Waals surface area (Å²) < 4.78 is 19.1. The van der Waals surface area contributed by atoms with Crippen molar-refractivity contribution in [2.45, 2.75) is 44.6 Å². The molecule has 2 atom stereocenters. The van der Waals surface area contributed by atoms with Crippen LogP contribution < -0.4 is 10.1 Å². The third-order valence-electron chi connectivity index (χ3n) is 6.48. The molecule has 2 fully saturated rings. The molecule has 0 saturated carbocycles. The summed E-state index contributed by atoms with van der Waals surface area (Å²) in [5, 5.41) is 11.8. The Hall–Kier alpha value is -2.69. The van der Waals surface area contributed by atoms with Gasteiger partial charge in [0, 0.05) is 50.8 Å². The van der Waals surface area contributed by atoms with E-state index in [1.807, 2.05) is 6.20 Å². The molecule has 0 radical (unpaired) electrons. The summed E-state index contributed by atoms with van der Waals surface area (Å²) in [6.45, 7) is 3.29. The number of carbonyl (C=O) groups is 2. The van der Waals surface area contributed by atoms with Crippen molar-refractivity contribution >= 4 is 23.4 Å². The Balaban J connectivity index is 1.37. The van der Waals surface area contributed by atoms with Crippen LogP contribution in [0.4, 0.5) is 0 Å². The van der Waals surface area contributed by atoms with E-state index in [9.17, 15) is 9.59 Å². The Morgan fingerprint density at radius 1 is 1.18 bits per heavy atom. The number of aryl methyl sites for hydroxylation is 1. The number of hydrogen-bond donors (Lipinski definition) is 1. The van der Waals surface area contributed by atoms with Gasteiger partial charge in [-0.2, -0.15) is 0 Å². The first-order valence-electron chi connectivity index (χ1n) is 11.7. The van der Waals surface area contributed by atoms with Gasteiger partial charge in [0.05, 0.1) is 36.6 Å². The molecule has 11 heteroatoms. The molecule has 182 valence electrons. The van der Waals surface area contributed by atoms with E-state index in [0.29, 0.717) is 80.7 Å². The number of likely N-dealkylation sites (tertiary alicyclic amines) is 1. The third kappa shape index (κ3) is 5.18. The molecule has 2 aromatic rings. The third-order valence-corrected chi connectivity index (χ3v) is 6.79. The molecule has 1 aromatic carbocycles. The van der Waals surface area contributed by atoms with Crippen LogP contribution in [0.3, 0.4) is 0 Å². The number of rotatable bonds is 1. The summed E-state index contributed by atoms with van der Waals surface area (Å²) in [4.78, 5) is 28.0. The average molecular weight is 490 g/mol. The lowest BCUT2D eigenvalue weighted by molar-refractivity contribution is -0.138. The van der Waals surface area contributed by atoms with Gasteiger partial charge in [0.2, 0.25) is 5.91 Å². The first kappa shape index (κ1) is 23.1. The normalized spacial score (nSPS) is 24.3. The van der Waals surface area contributed by atoms with Gasteiger partial charge in [-0.05, 0) is 31.0 Å². The van der Waals surface area contributed by atoms with E-state index in [1.54, 1.807) is 27.8 Å². The van der Waals surface area contributed by atoms with Gasteiger partial charge in [0.25, 0.3) is 5.91 Å². The van der Waals surface area contributed by atoms with Gasteiger partial charge in [-0.15, -0.1) is 5.10 Å². The summed E-state index contributed by atoms with van der Waals surface area (Å²) in [5.74, 6) is 0.226. The number of nitrogens with one attached hydrogen (secondary N) is 1. The number of carbonyl (C=O) groups excluding carboxylic acids is 2. The quantitative estimate of drug-likeness (QED) is 0.649. The number of nitrogens with zero attached hydrogens (tertiary/aromatic N) is 4. The maximum Gasteiger partial charge on any atom is 0.251 e. The Labute approximate surface area is 202 Å². The second-order valence-corrected chi connectivity index (χ2v) is 9.29. The number of hydrogen-bond acceptors (Lipinski definition) is 7. The van der Waals surface area contributed by atoms with Crippen molar-refractivity contribution in [3.05, 3.63) is 40.7 Å². The zero-order chi connectivity index (χ0) is 23.5. The average Bonchev–Trinajstić information content (AvgIpc) is 3.47. The van der Waals surface area contributed by atoms with Crippen LogP contribution in [-0.4, -0.2) is 76.8 Å². The highest BCUT2D eigenvalue weighted by Crippen LogP contribution is 2.27. The van der Waals surface area contributed by atoms with Crippen molar-refractivity contribution in [1.82, 2.24) is 25.2 Å². The fourth-order valence-corrected chi connectivity index (χ4v) is 4.76. The van der Waals surface area contributed by atoms with Gasteiger partial charge in [-0.1, -0.05) is 16.8 Å². The van der Waals surface area contributed by atoms with Gasteiger partial charge < -0.3 is 24.4 Å². The topological polar surface area (TPSA) is 108 Å². The van der Waals surface area contributed by atoms with Crippen molar-refractivity contribution in [3.63, 3.8) is 0 Å². The lowest BCUT2D eigenvalue weighted by Crippen LogP contribution is -2.44. The molecule has 5 rings (SSSR count). The van der Waals surface area contributed by atoms with Crippen molar-refractivity contribution in [2.24, 2.45) is 5.92 Å². The SMILES string of the molecule is O=C1N[C@H]2CN(C(=O)C3CCOCC3)C[C@@H]2OCc2cn(nn2)CCCOc2cc1ccc2Cl. The number of amides is 2. The second kappa shape index (κ2) is 10.3. The summed E-state index contributed by atoms with van der Waals surface area (Å²) in [6.07, 6.45) is 3.61. The monoisotopic (exact) mass is 489 g/mol. The van der Waals surface area contributed by atoms with E-state index in [4.69, 9.17) is 25.8 Å². The molecular formula is C23H28ClN5O5. The standard InChI is InChI=1S/C23H28ClN5O5/c24-18-3-2-16-10-20(18)33-7-1-6-29-11-17(26-27-29)14-34-21-13-28(12-19(21)25-22(16)30)23(31)15-4-8-32-9-5-15/h2-3,10-11,15,19,21H,1,4-9,12-14H2,(H,25,30)/t19-,21-/m0/s1. The summed E-state index contributed by atoms with van der Waals surface area (Å²) in [5.41, 5.74) is 1.14. The summed E-state index contributed by atoms with van der Waals surface area (Å²) in [6, 6.07) is 4.60. The van der Waals surface area contributed by atoms with E-state index in [-0.39, 0.29) is 36.5 Å². The summed E-state index contributed by atoms with van der Waals surface area (Å²) in [7, 11) is 0. The van der Waals surface area contributed by atoms with Crippen molar-refractivity contribution in [3.8, 4) is 5.75 Å². The molecule has 0 aliphatic carbocycles. The first-order chi connectivity index (χ1) is 16.6. The molecule has 2 amide bonds. The van der Waals surface area contributed by atoms with Gasteiger partial charge in [-0.25, -0.2) is 0 Å². The van der Waals surface area contributed by atoms with E-state index >= 15 is 0 Å². The Bertz CT molecular complexity index is 1040. The molecule has 1 aromatic heterocycles. The fraction of sp³-hybridized carbons (Fsp3) is 0.565. The predicted octanol–water partition coefficient (Wildman–Crippen LogP) is 1.67.